The zero-order valence-corrected chi connectivity index (χ0v) is 19.4. The molecule has 0 aliphatic carbocycles. The number of anilines is 1. The van der Waals surface area contributed by atoms with Crippen LogP contribution >= 0.6 is 0 Å². The van der Waals surface area contributed by atoms with Gasteiger partial charge in [0.05, 0.1) is 17.6 Å². The van der Waals surface area contributed by atoms with Gasteiger partial charge in [-0.05, 0) is 30.7 Å². The number of alkyl halides is 5. The van der Waals surface area contributed by atoms with Crippen molar-refractivity contribution >= 4 is 22.8 Å². The van der Waals surface area contributed by atoms with E-state index in [1.165, 1.54) is 24.0 Å². The van der Waals surface area contributed by atoms with E-state index in [0.717, 1.165) is 22.9 Å². The van der Waals surface area contributed by atoms with Gasteiger partial charge in [-0.2, -0.15) is 13.2 Å². The average molecular weight is 530 g/mol. The van der Waals surface area contributed by atoms with Gasteiger partial charge in [0.1, 0.15) is 29.1 Å². The number of nitrogens with zero attached hydrogens (tertiary/aromatic N) is 3. The van der Waals surface area contributed by atoms with Gasteiger partial charge in [-0.25, -0.2) is 22.5 Å². The first-order valence-corrected chi connectivity index (χ1v) is 11.3. The van der Waals surface area contributed by atoms with Crippen molar-refractivity contribution in [3.05, 3.63) is 63.9 Å². The summed E-state index contributed by atoms with van der Waals surface area (Å²) in [5, 5.41) is 1.53. The highest BCUT2D eigenvalue weighted by molar-refractivity contribution is 5.97. The van der Waals surface area contributed by atoms with Crippen molar-refractivity contribution < 1.29 is 35.5 Å². The molecule has 0 bridgehead atoms. The molecule has 1 fully saturated rings. The first kappa shape index (κ1) is 26.4. The quantitative estimate of drug-likeness (QED) is 0.457. The van der Waals surface area contributed by atoms with E-state index in [2.05, 4.69) is 4.98 Å². The number of pyridine rings is 2. The van der Waals surface area contributed by atoms with Crippen LogP contribution in [0.25, 0.3) is 16.7 Å². The average Bonchev–Trinajstić information content (AvgIpc) is 3.18. The Bertz CT molecular complexity index is 1400. The molecule has 1 aromatic carbocycles. The zero-order chi connectivity index (χ0) is 27.1. The molecule has 1 aliphatic rings. The van der Waals surface area contributed by atoms with E-state index in [0.29, 0.717) is 6.07 Å². The molecule has 1 N–H and O–H groups in total. The minimum absolute atomic E-state index is 0.0395. The number of nitrogens with one attached hydrogen (secondary N) is 1. The van der Waals surface area contributed by atoms with E-state index in [1.54, 1.807) is 5.32 Å². The maximum absolute atomic E-state index is 14.7. The van der Waals surface area contributed by atoms with Crippen molar-refractivity contribution in [3.8, 4) is 5.69 Å². The van der Waals surface area contributed by atoms with E-state index in [4.69, 9.17) is 0 Å². The Kier molecular flexibility index (Phi) is 6.91. The van der Waals surface area contributed by atoms with Crippen molar-refractivity contribution in [1.29, 1.82) is 0 Å². The van der Waals surface area contributed by atoms with Gasteiger partial charge in [0.25, 0.3) is 11.8 Å². The minimum Gasteiger partial charge on any atom is -0.350 e. The molecule has 0 spiro atoms. The number of carbonyl (C=O) groups excluding carboxylic acids is 1. The molecule has 1 unspecified atom stereocenters. The molecule has 1 saturated heterocycles. The SMILES string of the molecule is CCCC(NC(=O)c1cn(-c2ccc(F)cc2F)c2nc(N3CCC(F)(F)C3)ccc2c1=O)C(F)(F)F. The Morgan fingerprint density at radius 3 is 2.51 bits per heavy atom. The van der Waals surface area contributed by atoms with Gasteiger partial charge >= 0.3 is 6.18 Å². The molecule has 0 saturated carbocycles. The second kappa shape index (κ2) is 9.67. The van der Waals surface area contributed by atoms with Gasteiger partial charge in [0.15, 0.2) is 5.65 Å². The summed E-state index contributed by atoms with van der Waals surface area (Å²) < 4.78 is 96.8. The van der Waals surface area contributed by atoms with Gasteiger partial charge in [0.2, 0.25) is 5.43 Å². The highest BCUT2D eigenvalue weighted by Gasteiger charge is 2.41. The van der Waals surface area contributed by atoms with Gasteiger partial charge < -0.3 is 10.2 Å². The van der Waals surface area contributed by atoms with Crippen LogP contribution in [0.15, 0.2) is 41.3 Å². The van der Waals surface area contributed by atoms with Gasteiger partial charge in [0, 0.05) is 25.2 Å². The fraction of sp³-hybridized carbons (Fsp3) is 0.375. The maximum atomic E-state index is 14.7. The first-order chi connectivity index (χ1) is 17.3. The van der Waals surface area contributed by atoms with Crippen LogP contribution in [-0.4, -0.2) is 46.7 Å². The van der Waals surface area contributed by atoms with Crippen LogP contribution in [0.3, 0.4) is 0 Å². The second-order valence-electron chi connectivity index (χ2n) is 8.76. The van der Waals surface area contributed by atoms with Crippen molar-refractivity contribution in [3.63, 3.8) is 0 Å². The van der Waals surface area contributed by atoms with Crippen LogP contribution in [0.1, 0.15) is 36.5 Å². The number of rotatable bonds is 6. The fourth-order valence-corrected chi connectivity index (χ4v) is 4.17. The second-order valence-corrected chi connectivity index (χ2v) is 8.76. The number of carbonyl (C=O) groups is 1. The lowest BCUT2D eigenvalue weighted by Crippen LogP contribution is -2.46. The molecule has 198 valence electrons. The molecule has 4 rings (SSSR count). The molecule has 1 amide bonds. The van der Waals surface area contributed by atoms with Crippen LogP contribution in [0.2, 0.25) is 0 Å². The number of benzene rings is 1. The molecule has 0 radical (unpaired) electrons. The monoisotopic (exact) mass is 530 g/mol. The van der Waals surface area contributed by atoms with Crippen molar-refractivity contribution in [2.75, 3.05) is 18.0 Å². The summed E-state index contributed by atoms with van der Waals surface area (Å²) in [6.45, 7) is 0.805. The topological polar surface area (TPSA) is 67.2 Å². The standard InChI is InChI=1S/C24H21F7N4O2/c1-2-3-18(24(29,30)31)32-22(37)15-11-35(17-6-4-13(25)10-16(17)26)21-14(20(15)36)5-7-19(33-21)34-9-8-23(27,28)12-34/h4-7,10-11,18H,2-3,8-9,12H2,1H3,(H,32,37). The van der Waals surface area contributed by atoms with Crippen LogP contribution in [0.4, 0.5) is 36.6 Å². The number of hydrogen-bond acceptors (Lipinski definition) is 4. The highest BCUT2D eigenvalue weighted by atomic mass is 19.4. The third-order valence-electron chi connectivity index (χ3n) is 6.02. The number of fused-ring (bicyclic) bond motifs is 1. The molecule has 13 heteroatoms. The van der Waals surface area contributed by atoms with E-state index in [1.807, 2.05) is 0 Å². The summed E-state index contributed by atoms with van der Waals surface area (Å²) in [5.74, 6) is -6.31. The number of aromatic nitrogens is 2. The number of hydrogen-bond donors (Lipinski definition) is 1. The van der Waals surface area contributed by atoms with E-state index in [-0.39, 0.29) is 35.5 Å². The fourth-order valence-electron chi connectivity index (χ4n) is 4.17. The summed E-state index contributed by atoms with van der Waals surface area (Å²) in [6.07, 6.45) is -4.74. The largest absolute Gasteiger partial charge is 0.408 e. The smallest absolute Gasteiger partial charge is 0.350 e. The molecule has 2 aromatic heterocycles. The van der Waals surface area contributed by atoms with Crippen LogP contribution in [0.5, 0.6) is 0 Å². The summed E-state index contributed by atoms with van der Waals surface area (Å²) in [7, 11) is 0. The Morgan fingerprint density at radius 2 is 1.92 bits per heavy atom. The molecule has 6 nitrogen and oxygen atoms in total. The molecular formula is C24H21F7N4O2. The lowest BCUT2D eigenvalue weighted by Gasteiger charge is -2.22. The lowest BCUT2D eigenvalue weighted by molar-refractivity contribution is -0.154. The predicted octanol–water partition coefficient (Wildman–Crippen LogP) is 4.97. The first-order valence-electron chi connectivity index (χ1n) is 11.3. The Morgan fingerprint density at radius 1 is 1.19 bits per heavy atom. The number of halogens is 7. The van der Waals surface area contributed by atoms with Crippen molar-refractivity contribution in [2.45, 2.75) is 44.3 Å². The van der Waals surface area contributed by atoms with Gasteiger partial charge in [-0.15, -0.1) is 0 Å². The lowest BCUT2D eigenvalue weighted by atomic mass is 10.1. The normalized spacial score (nSPS) is 16.3. The molecular weight excluding hydrogens is 509 g/mol. The highest BCUT2D eigenvalue weighted by Crippen LogP contribution is 2.31. The van der Waals surface area contributed by atoms with Crippen LogP contribution in [-0.2, 0) is 0 Å². The Labute approximate surface area is 205 Å². The summed E-state index contributed by atoms with van der Waals surface area (Å²) in [5.41, 5.74) is -2.34. The molecule has 1 aliphatic heterocycles. The van der Waals surface area contributed by atoms with E-state index >= 15 is 0 Å². The molecule has 37 heavy (non-hydrogen) atoms. The van der Waals surface area contributed by atoms with Crippen molar-refractivity contribution in [2.24, 2.45) is 0 Å². The maximum Gasteiger partial charge on any atom is 0.408 e. The Balaban J connectivity index is 1.89. The summed E-state index contributed by atoms with van der Waals surface area (Å²) in [4.78, 5) is 31.5. The molecule has 3 aromatic rings. The Hall–Kier alpha value is -3.64. The van der Waals surface area contributed by atoms with Gasteiger partial charge in [-0.1, -0.05) is 13.3 Å². The third-order valence-corrected chi connectivity index (χ3v) is 6.02. The minimum atomic E-state index is -4.78. The molecule has 3 heterocycles. The van der Waals surface area contributed by atoms with Crippen LogP contribution < -0.4 is 15.6 Å². The zero-order valence-electron chi connectivity index (χ0n) is 19.4. The predicted molar refractivity (Wildman–Crippen MR) is 121 cm³/mol. The summed E-state index contributed by atoms with van der Waals surface area (Å²) in [6, 6.07) is 2.63. The van der Waals surface area contributed by atoms with Gasteiger partial charge in [-0.3, -0.25) is 14.2 Å². The van der Waals surface area contributed by atoms with E-state index in [9.17, 15) is 40.3 Å². The molecule has 1 atom stereocenters. The number of amides is 1. The van der Waals surface area contributed by atoms with Crippen LogP contribution in [0, 0.1) is 11.6 Å². The van der Waals surface area contributed by atoms with Crippen molar-refractivity contribution in [1.82, 2.24) is 14.9 Å². The third kappa shape index (κ3) is 5.39. The summed E-state index contributed by atoms with van der Waals surface area (Å²) >= 11 is 0. The van der Waals surface area contributed by atoms with E-state index < -0.39 is 66.1 Å².